The van der Waals surface area contributed by atoms with Gasteiger partial charge in [0.15, 0.2) is 0 Å². The van der Waals surface area contributed by atoms with Crippen molar-refractivity contribution in [2.45, 2.75) is 82.5 Å². The van der Waals surface area contributed by atoms with Crippen molar-refractivity contribution < 1.29 is 48.0 Å². The lowest BCUT2D eigenvalue weighted by atomic mass is 9.59. The van der Waals surface area contributed by atoms with Crippen LogP contribution in [0.3, 0.4) is 0 Å². The Morgan fingerprint density at radius 1 is 0.891 bits per heavy atom. The molecule has 0 spiro atoms. The van der Waals surface area contributed by atoms with Crippen molar-refractivity contribution in [2.24, 2.45) is 11.3 Å². The number of quaternary nitrogens is 1. The van der Waals surface area contributed by atoms with E-state index < -0.39 is 35.8 Å². The summed E-state index contributed by atoms with van der Waals surface area (Å²) in [6.45, 7) is 4.62. The van der Waals surface area contributed by atoms with Gasteiger partial charge in [-0.25, -0.2) is 0 Å². The normalized spacial score (nSPS) is 24.4. The van der Waals surface area contributed by atoms with Crippen molar-refractivity contribution in [1.82, 2.24) is 4.90 Å². The summed E-state index contributed by atoms with van der Waals surface area (Å²) in [5, 5.41) is 0.790. The smallest absolute Gasteiger partial charge is 0.416 e. The molecule has 0 radical (unpaired) electrons. The predicted octanol–water partition coefficient (Wildman–Crippen LogP) is 6.79. The van der Waals surface area contributed by atoms with Crippen molar-refractivity contribution in [3.05, 3.63) is 68.7 Å². The summed E-state index contributed by atoms with van der Waals surface area (Å²) in [5.41, 5.74) is -1.80. The maximum Gasteiger partial charge on any atom is 0.416 e. The lowest BCUT2D eigenvalue weighted by Gasteiger charge is -2.58. The van der Waals surface area contributed by atoms with Gasteiger partial charge in [-0.05, 0) is 65.6 Å². The first-order valence-corrected chi connectivity index (χ1v) is 16.7. The third-order valence-electron chi connectivity index (χ3n) is 11.0. The average Bonchev–Trinajstić information content (AvgIpc) is 3.01. The Morgan fingerprint density at radius 2 is 1.46 bits per heavy atom. The maximum absolute atomic E-state index is 13.4. The van der Waals surface area contributed by atoms with Gasteiger partial charge < -0.3 is 21.8 Å². The minimum atomic E-state index is -4.98. The van der Waals surface area contributed by atoms with E-state index in [0.29, 0.717) is 27.6 Å². The largest absolute Gasteiger partial charge is 1.00 e. The van der Waals surface area contributed by atoms with Gasteiger partial charge in [-0.2, -0.15) is 26.3 Å². The summed E-state index contributed by atoms with van der Waals surface area (Å²) >= 11 is 12.6. The number of hydrogen-bond donors (Lipinski definition) is 0. The molecule has 3 heterocycles. The van der Waals surface area contributed by atoms with Crippen molar-refractivity contribution in [1.29, 1.82) is 0 Å². The highest BCUT2D eigenvalue weighted by atomic mass is 35.5. The van der Waals surface area contributed by atoms with Crippen molar-refractivity contribution in [2.75, 3.05) is 39.8 Å². The van der Waals surface area contributed by atoms with E-state index in [4.69, 9.17) is 23.2 Å². The highest BCUT2D eigenvalue weighted by molar-refractivity contribution is 6.42. The number of halogens is 9. The van der Waals surface area contributed by atoms with Crippen LogP contribution >= 0.6 is 23.2 Å². The quantitative estimate of drug-likeness (QED) is 0.207. The second-order valence-electron chi connectivity index (χ2n) is 13.7. The van der Waals surface area contributed by atoms with Crippen LogP contribution in [0, 0.1) is 11.3 Å². The van der Waals surface area contributed by atoms with Gasteiger partial charge in [-0.3, -0.25) is 4.79 Å². The fraction of sp³-hybridized carbons (Fsp3) is 0.618. The first-order valence-electron chi connectivity index (χ1n) is 15.9. The Hall–Kier alpha value is -1.68. The van der Waals surface area contributed by atoms with Gasteiger partial charge in [0.05, 0.1) is 53.8 Å². The lowest BCUT2D eigenvalue weighted by molar-refractivity contribution is -0.946. The molecular weight excluding hydrogens is 673 g/mol. The number of hydrogen-bond acceptors (Lipinski definition) is 1. The number of carbonyl (C=O) groups excluding carboxylic acids is 1. The van der Waals surface area contributed by atoms with E-state index in [2.05, 4.69) is 0 Å². The van der Waals surface area contributed by atoms with Crippen LogP contribution in [-0.4, -0.2) is 55.1 Å². The molecule has 4 fully saturated rings. The summed E-state index contributed by atoms with van der Waals surface area (Å²) in [4.78, 5) is 14.7. The molecule has 1 aliphatic carbocycles. The monoisotopic (exact) mass is 712 g/mol. The molecule has 256 valence electrons. The van der Waals surface area contributed by atoms with Gasteiger partial charge in [-0.15, -0.1) is 0 Å². The molecule has 6 rings (SSSR count). The van der Waals surface area contributed by atoms with Crippen LogP contribution in [0.15, 0.2) is 36.4 Å². The van der Waals surface area contributed by atoms with Crippen LogP contribution in [-0.2, 0) is 23.6 Å². The molecule has 1 amide bonds. The molecule has 4 aliphatic rings. The molecule has 3 aliphatic heterocycles. The number of carbonyl (C=O) groups is 1. The lowest BCUT2D eigenvalue weighted by Crippen LogP contribution is -3.00. The number of piperidine rings is 3. The molecular formula is C34H41Cl3F6N2O. The van der Waals surface area contributed by atoms with E-state index in [0.717, 1.165) is 48.6 Å². The van der Waals surface area contributed by atoms with Crippen LogP contribution in [0.25, 0.3) is 0 Å². The minimum Gasteiger partial charge on any atom is -1.00 e. The van der Waals surface area contributed by atoms with Crippen molar-refractivity contribution in [3.63, 3.8) is 0 Å². The molecule has 46 heavy (non-hydrogen) atoms. The molecule has 0 N–H and O–H groups in total. The van der Waals surface area contributed by atoms with Gasteiger partial charge >= 0.3 is 12.4 Å². The first kappa shape index (κ1) is 37.1. The van der Waals surface area contributed by atoms with Crippen LogP contribution in [0.1, 0.15) is 86.0 Å². The molecule has 12 heteroatoms. The summed E-state index contributed by atoms with van der Waals surface area (Å²) in [6.07, 6.45) is 0.756. The Labute approximate surface area is 283 Å². The topological polar surface area (TPSA) is 20.3 Å². The molecule has 1 saturated carbocycles. The Balaban J connectivity index is 0.00000480. The van der Waals surface area contributed by atoms with Gasteiger partial charge in [0.1, 0.15) is 0 Å². The number of benzene rings is 2. The van der Waals surface area contributed by atoms with E-state index in [1.165, 1.54) is 63.3 Å². The fourth-order valence-corrected chi connectivity index (χ4v) is 8.48. The Kier molecular flexibility index (Phi) is 11.7. The Bertz CT molecular complexity index is 1320. The van der Waals surface area contributed by atoms with E-state index in [1.54, 1.807) is 12.1 Å². The van der Waals surface area contributed by atoms with Crippen LogP contribution in [0.2, 0.25) is 10.0 Å². The SMILES string of the molecule is CN(CC(CC[N+]12CCC(C3CCCCC3)(CC1)CC2)c1ccc(Cl)c(Cl)c1)C(=O)Cc1cc(C(F)(F)F)cc(C(F)(F)F)c1.[Cl-]. The number of rotatable bonds is 9. The molecule has 3 saturated heterocycles. The van der Waals surface area contributed by atoms with Crippen LogP contribution < -0.4 is 12.4 Å². The first-order chi connectivity index (χ1) is 21.1. The number of nitrogens with zero attached hydrogens (tertiary/aromatic N) is 2. The van der Waals surface area contributed by atoms with Gasteiger partial charge in [0.2, 0.25) is 5.91 Å². The van der Waals surface area contributed by atoms with Crippen molar-refractivity contribution >= 4 is 29.1 Å². The van der Waals surface area contributed by atoms with E-state index in [1.807, 2.05) is 6.07 Å². The third-order valence-corrected chi connectivity index (χ3v) is 11.8. The summed E-state index contributed by atoms with van der Waals surface area (Å²) in [7, 11) is 1.54. The molecule has 3 nitrogen and oxygen atoms in total. The molecule has 0 aromatic heterocycles. The summed E-state index contributed by atoms with van der Waals surface area (Å²) in [6, 6.07) is 6.69. The molecule has 1 atom stereocenters. The zero-order valence-electron chi connectivity index (χ0n) is 25.9. The van der Waals surface area contributed by atoms with Crippen molar-refractivity contribution in [3.8, 4) is 0 Å². The highest BCUT2D eigenvalue weighted by Gasteiger charge is 2.52. The zero-order chi connectivity index (χ0) is 32.6. The van der Waals surface area contributed by atoms with E-state index in [9.17, 15) is 31.1 Å². The number of alkyl halides is 6. The average molecular weight is 714 g/mol. The Morgan fingerprint density at radius 3 is 1.98 bits per heavy atom. The second kappa shape index (κ2) is 14.4. The standard InChI is InChI=1S/C34H41Cl2F6N2O.ClH/c1-43(31(45)19-23-17-27(33(37,38)39)21-28(18-23)34(40,41)42)22-25(24-7-8-29(35)30(36)20-24)9-13-44-14-10-32(11-15-44,12-16-44)26-5-3-2-4-6-26;/h7-8,17-18,20-21,25-26H,2-6,9-16,19,22H2,1H3;1H/q+1;/p-1. The van der Waals surface area contributed by atoms with Gasteiger partial charge in [0.25, 0.3) is 0 Å². The van der Waals surface area contributed by atoms with Crippen LogP contribution in [0.4, 0.5) is 26.3 Å². The van der Waals surface area contributed by atoms with E-state index in [-0.39, 0.29) is 36.5 Å². The fourth-order valence-electron chi connectivity index (χ4n) is 8.18. The zero-order valence-corrected chi connectivity index (χ0v) is 28.2. The predicted molar refractivity (Wildman–Crippen MR) is 164 cm³/mol. The molecule has 2 bridgehead atoms. The third kappa shape index (κ3) is 8.48. The minimum absolute atomic E-state index is 0. The number of fused-ring (bicyclic) bond motifs is 3. The van der Waals surface area contributed by atoms with Crippen LogP contribution in [0.5, 0.6) is 0 Å². The highest BCUT2D eigenvalue weighted by Crippen LogP contribution is 2.53. The second-order valence-corrected chi connectivity index (χ2v) is 14.5. The number of amides is 1. The van der Waals surface area contributed by atoms with Gasteiger partial charge in [0, 0.05) is 45.2 Å². The molecule has 2 aromatic rings. The number of likely N-dealkylation sites (N-methyl/N-ethyl adjacent to an activating group) is 1. The van der Waals surface area contributed by atoms with Gasteiger partial charge in [-0.1, -0.05) is 48.5 Å². The molecule has 1 unspecified atom stereocenters. The summed E-state index contributed by atoms with van der Waals surface area (Å²) < 4.78 is 81.4. The van der Waals surface area contributed by atoms with E-state index >= 15 is 0 Å². The molecule has 2 aromatic carbocycles. The summed E-state index contributed by atoms with van der Waals surface area (Å²) in [5.74, 6) is 0.148. The maximum atomic E-state index is 13.4.